The van der Waals surface area contributed by atoms with Gasteiger partial charge in [-0.2, -0.15) is 5.10 Å². The van der Waals surface area contributed by atoms with E-state index in [2.05, 4.69) is 10.1 Å². The molecule has 0 aliphatic heterocycles. The zero-order chi connectivity index (χ0) is 18.4. The van der Waals surface area contributed by atoms with E-state index in [0.29, 0.717) is 16.7 Å². The van der Waals surface area contributed by atoms with E-state index in [4.69, 9.17) is 0 Å². The maximum atomic E-state index is 12.9. The van der Waals surface area contributed by atoms with Gasteiger partial charge in [-0.1, -0.05) is 12.1 Å². The number of nitrogens with zero attached hydrogens (tertiary/aromatic N) is 4. The van der Waals surface area contributed by atoms with Crippen LogP contribution in [-0.2, 0) is 17.1 Å². The molecule has 0 atom stereocenters. The number of sulfonamides is 1. The van der Waals surface area contributed by atoms with E-state index in [9.17, 15) is 18.3 Å². The number of benzene rings is 1. The summed E-state index contributed by atoms with van der Waals surface area (Å²) in [6.07, 6.45) is 1.25. The van der Waals surface area contributed by atoms with Gasteiger partial charge < -0.3 is 5.11 Å². The van der Waals surface area contributed by atoms with Crippen LogP contribution >= 0.6 is 0 Å². The highest BCUT2D eigenvalue weighted by atomic mass is 32.2. The predicted molar refractivity (Wildman–Crippen MR) is 92.2 cm³/mol. The second kappa shape index (κ2) is 5.85. The molecule has 1 N–H and O–H groups in total. The van der Waals surface area contributed by atoms with Gasteiger partial charge in [0, 0.05) is 25.7 Å². The Morgan fingerprint density at radius 2 is 1.96 bits per heavy atom. The third-order valence-corrected chi connectivity index (χ3v) is 5.71. The molecule has 130 valence electrons. The highest BCUT2D eigenvalue weighted by Gasteiger charge is 2.26. The number of carbonyl (C=O) groups is 1. The first-order valence-corrected chi connectivity index (χ1v) is 8.78. The second-order valence-corrected chi connectivity index (χ2v) is 7.52. The minimum atomic E-state index is -3.98. The van der Waals surface area contributed by atoms with Crippen LogP contribution in [0.4, 0.5) is 5.69 Å². The summed E-state index contributed by atoms with van der Waals surface area (Å²) in [6.45, 7) is 1.77. The lowest BCUT2D eigenvalue weighted by atomic mass is 10.2. The van der Waals surface area contributed by atoms with Gasteiger partial charge in [0.25, 0.3) is 10.0 Å². The van der Waals surface area contributed by atoms with Gasteiger partial charge in [-0.25, -0.2) is 18.2 Å². The summed E-state index contributed by atoms with van der Waals surface area (Å²) in [5.41, 5.74) is 1.22. The monoisotopic (exact) mass is 360 g/mol. The summed E-state index contributed by atoms with van der Waals surface area (Å²) in [4.78, 5) is 15.5. The maximum Gasteiger partial charge on any atom is 0.337 e. The van der Waals surface area contributed by atoms with E-state index in [1.807, 2.05) is 0 Å². The first-order valence-electron chi connectivity index (χ1n) is 7.34. The first kappa shape index (κ1) is 16.9. The standard InChI is InChI=1S/C16H16N4O4S/c1-10-13-8-11(9-17-15(13)19(2)18-10)25(23,24)20(3)14-7-5-4-6-12(14)16(21)22/h4-9H,1-3H3,(H,21,22). The number of hydrogen-bond donors (Lipinski definition) is 1. The van der Waals surface area contributed by atoms with Crippen molar-refractivity contribution in [2.75, 3.05) is 11.4 Å². The van der Waals surface area contributed by atoms with Crippen LogP contribution in [0.3, 0.4) is 0 Å². The Morgan fingerprint density at radius 1 is 1.28 bits per heavy atom. The molecule has 3 rings (SSSR count). The lowest BCUT2D eigenvalue weighted by Gasteiger charge is -2.21. The average molecular weight is 360 g/mol. The van der Waals surface area contributed by atoms with Gasteiger partial charge in [-0.3, -0.25) is 8.99 Å². The van der Waals surface area contributed by atoms with Crippen LogP contribution in [0.1, 0.15) is 16.1 Å². The molecule has 1 aromatic carbocycles. The summed E-state index contributed by atoms with van der Waals surface area (Å²) in [5, 5.41) is 14.1. The highest BCUT2D eigenvalue weighted by Crippen LogP contribution is 2.27. The van der Waals surface area contributed by atoms with E-state index in [0.717, 1.165) is 4.31 Å². The van der Waals surface area contributed by atoms with Crippen molar-refractivity contribution in [2.24, 2.45) is 7.05 Å². The Kier molecular flexibility index (Phi) is 3.96. The van der Waals surface area contributed by atoms with Crippen molar-refractivity contribution in [3.63, 3.8) is 0 Å². The molecule has 0 radical (unpaired) electrons. The van der Waals surface area contributed by atoms with Gasteiger partial charge in [0.15, 0.2) is 5.65 Å². The number of para-hydroxylation sites is 1. The van der Waals surface area contributed by atoms with Gasteiger partial charge in [0.05, 0.1) is 16.9 Å². The van der Waals surface area contributed by atoms with E-state index < -0.39 is 16.0 Å². The molecule has 2 aromatic heterocycles. The number of aromatic nitrogens is 3. The van der Waals surface area contributed by atoms with E-state index in [1.165, 1.54) is 31.4 Å². The molecular weight excluding hydrogens is 344 g/mol. The number of rotatable bonds is 4. The number of anilines is 1. The van der Waals surface area contributed by atoms with Crippen LogP contribution in [0.2, 0.25) is 0 Å². The predicted octanol–water partition coefficient (Wildman–Crippen LogP) is 1.80. The molecule has 2 heterocycles. The molecule has 0 unspecified atom stereocenters. The number of hydrogen-bond acceptors (Lipinski definition) is 5. The lowest BCUT2D eigenvalue weighted by Crippen LogP contribution is -2.28. The number of carboxylic acid groups (broad SMARTS) is 1. The summed E-state index contributed by atoms with van der Waals surface area (Å²) >= 11 is 0. The fourth-order valence-corrected chi connectivity index (χ4v) is 3.83. The Hall–Kier alpha value is -2.94. The zero-order valence-electron chi connectivity index (χ0n) is 13.8. The van der Waals surface area contributed by atoms with Crippen LogP contribution in [0.15, 0.2) is 41.4 Å². The summed E-state index contributed by atoms with van der Waals surface area (Å²) in [6, 6.07) is 7.43. The van der Waals surface area contributed by atoms with Gasteiger partial charge in [-0.15, -0.1) is 0 Å². The van der Waals surface area contributed by atoms with Gasteiger partial charge in [0.2, 0.25) is 0 Å². The van der Waals surface area contributed by atoms with Crippen LogP contribution in [0.25, 0.3) is 11.0 Å². The van der Waals surface area contributed by atoms with Gasteiger partial charge in [0.1, 0.15) is 4.90 Å². The third kappa shape index (κ3) is 2.72. The molecule has 0 amide bonds. The molecule has 0 aliphatic carbocycles. The molecule has 0 spiro atoms. The molecule has 0 aliphatic rings. The summed E-state index contributed by atoms with van der Waals surface area (Å²) in [7, 11) is -0.932. The topological polar surface area (TPSA) is 105 Å². The van der Waals surface area contributed by atoms with Crippen molar-refractivity contribution < 1.29 is 18.3 Å². The maximum absolute atomic E-state index is 12.9. The lowest BCUT2D eigenvalue weighted by molar-refractivity contribution is 0.0698. The van der Waals surface area contributed by atoms with Crippen molar-refractivity contribution in [3.8, 4) is 0 Å². The summed E-state index contributed by atoms with van der Waals surface area (Å²) in [5.74, 6) is -1.20. The molecule has 9 heteroatoms. The quantitative estimate of drug-likeness (QED) is 0.760. The summed E-state index contributed by atoms with van der Waals surface area (Å²) < 4.78 is 28.4. The minimum absolute atomic E-state index is 0.0289. The zero-order valence-corrected chi connectivity index (χ0v) is 14.6. The Labute approximate surface area is 144 Å². The number of aryl methyl sites for hydroxylation is 2. The van der Waals surface area contributed by atoms with E-state index >= 15 is 0 Å². The smallest absolute Gasteiger partial charge is 0.337 e. The van der Waals surface area contributed by atoms with Crippen molar-refractivity contribution in [2.45, 2.75) is 11.8 Å². The molecule has 0 saturated carbocycles. The van der Waals surface area contributed by atoms with Gasteiger partial charge >= 0.3 is 5.97 Å². The molecule has 0 saturated heterocycles. The molecular formula is C16H16N4O4S. The van der Waals surface area contributed by atoms with Crippen molar-refractivity contribution in [3.05, 3.63) is 47.8 Å². The largest absolute Gasteiger partial charge is 0.478 e. The van der Waals surface area contributed by atoms with E-state index in [-0.39, 0.29) is 16.1 Å². The minimum Gasteiger partial charge on any atom is -0.478 e. The third-order valence-electron chi connectivity index (χ3n) is 3.97. The van der Waals surface area contributed by atoms with Crippen LogP contribution in [0.5, 0.6) is 0 Å². The second-order valence-electron chi connectivity index (χ2n) is 5.55. The molecule has 25 heavy (non-hydrogen) atoms. The van der Waals surface area contributed by atoms with Gasteiger partial charge in [-0.05, 0) is 25.1 Å². The SMILES string of the molecule is Cc1nn(C)c2ncc(S(=O)(=O)N(C)c3ccccc3C(=O)O)cc12. The Bertz CT molecular complexity index is 1090. The van der Waals surface area contributed by atoms with Crippen molar-refractivity contribution in [1.29, 1.82) is 0 Å². The average Bonchev–Trinajstić information content (AvgIpc) is 2.88. The number of pyridine rings is 1. The van der Waals surface area contributed by atoms with Crippen LogP contribution < -0.4 is 4.31 Å². The fourth-order valence-electron chi connectivity index (χ4n) is 2.65. The molecule has 0 fully saturated rings. The Balaban J connectivity index is 2.13. The van der Waals surface area contributed by atoms with Crippen LogP contribution in [-0.4, -0.2) is 41.3 Å². The molecule has 3 aromatic rings. The number of carboxylic acids is 1. The van der Waals surface area contributed by atoms with E-state index in [1.54, 1.807) is 30.8 Å². The molecule has 8 nitrogen and oxygen atoms in total. The first-order chi connectivity index (χ1) is 11.7. The van der Waals surface area contributed by atoms with Crippen molar-refractivity contribution >= 4 is 32.7 Å². The highest BCUT2D eigenvalue weighted by molar-refractivity contribution is 7.92. The molecule has 0 bridgehead atoms. The normalized spacial score (nSPS) is 11.6. The van der Waals surface area contributed by atoms with Crippen molar-refractivity contribution in [1.82, 2.24) is 14.8 Å². The number of fused-ring (bicyclic) bond motifs is 1. The number of aromatic carboxylic acids is 1. The fraction of sp³-hybridized carbons (Fsp3) is 0.188. The van der Waals surface area contributed by atoms with Crippen LogP contribution in [0, 0.1) is 6.92 Å². The Morgan fingerprint density at radius 3 is 2.64 bits per heavy atom.